The molecule has 2 nitrogen and oxygen atoms in total. The molecule has 0 unspecified atom stereocenters. The molecular formula is C9H9Cl2NO. The smallest absolute Gasteiger partial charge is 0.123 e. The molecule has 0 heterocycles. The Morgan fingerprint density at radius 2 is 1.92 bits per heavy atom. The number of rotatable bonds is 1. The summed E-state index contributed by atoms with van der Waals surface area (Å²) in [7, 11) is 0. The van der Waals surface area contributed by atoms with E-state index < -0.39 is 5.54 Å². The number of phenolic OH excluding ortho intramolecular Hbond substituents is 1. The average Bonchev–Trinajstić information content (AvgIpc) is 2.65. The molecule has 0 bridgehead atoms. The number of phenols is 1. The van der Waals surface area contributed by atoms with Crippen molar-refractivity contribution in [1.29, 1.82) is 0 Å². The Bertz CT molecular complexity index is 338. The lowest BCUT2D eigenvalue weighted by Gasteiger charge is -2.13. The van der Waals surface area contributed by atoms with Gasteiger partial charge in [-0.2, -0.15) is 0 Å². The van der Waals surface area contributed by atoms with Crippen LogP contribution in [0.4, 0.5) is 0 Å². The molecule has 13 heavy (non-hydrogen) atoms. The van der Waals surface area contributed by atoms with Crippen molar-refractivity contribution in [3.8, 4) is 5.75 Å². The highest BCUT2D eigenvalue weighted by Gasteiger charge is 2.43. The van der Waals surface area contributed by atoms with Gasteiger partial charge in [-0.3, -0.25) is 0 Å². The third kappa shape index (κ3) is 1.50. The molecule has 4 heteroatoms. The molecule has 1 aliphatic carbocycles. The van der Waals surface area contributed by atoms with Crippen molar-refractivity contribution in [2.24, 2.45) is 5.73 Å². The third-order valence-electron chi connectivity index (χ3n) is 2.32. The monoisotopic (exact) mass is 217 g/mol. The molecule has 0 radical (unpaired) electrons. The Hall–Kier alpha value is -0.440. The summed E-state index contributed by atoms with van der Waals surface area (Å²) in [6.45, 7) is 0. The van der Waals surface area contributed by atoms with Gasteiger partial charge < -0.3 is 10.8 Å². The van der Waals surface area contributed by atoms with Crippen molar-refractivity contribution in [2.75, 3.05) is 0 Å². The fraction of sp³-hybridized carbons (Fsp3) is 0.333. The van der Waals surface area contributed by atoms with Crippen LogP contribution in [0.2, 0.25) is 10.0 Å². The number of benzene rings is 1. The first kappa shape index (κ1) is 9.13. The molecule has 0 aliphatic heterocycles. The van der Waals surface area contributed by atoms with E-state index in [1.807, 2.05) is 0 Å². The number of hydrogen-bond acceptors (Lipinski definition) is 2. The Balaban J connectivity index is 2.57. The van der Waals surface area contributed by atoms with E-state index in [1.165, 1.54) is 6.07 Å². The van der Waals surface area contributed by atoms with Crippen LogP contribution in [-0.2, 0) is 5.54 Å². The highest BCUT2D eigenvalue weighted by Crippen LogP contribution is 2.49. The maximum atomic E-state index is 9.60. The molecule has 1 aromatic carbocycles. The molecular weight excluding hydrogens is 209 g/mol. The number of hydrogen-bond donors (Lipinski definition) is 2. The van der Waals surface area contributed by atoms with E-state index >= 15 is 0 Å². The van der Waals surface area contributed by atoms with E-state index in [-0.39, 0.29) is 5.75 Å². The summed E-state index contributed by atoms with van der Waals surface area (Å²) in [5.41, 5.74) is 6.13. The Kier molecular flexibility index (Phi) is 1.95. The molecule has 0 aromatic heterocycles. The fourth-order valence-electron chi connectivity index (χ4n) is 1.44. The standard InChI is InChI=1S/C9H9Cl2NO/c10-5-3-6(11)8(7(13)4-5)9(12)1-2-9/h3-4,13H,1-2,12H2. The molecule has 3 N–H and O–H groups in total. The van der Waals surface area contributed by atoms with E-state index in [4.69, 9.17) is 28.9 Å². The maximum absolute atomic E-state index is 9.60. The van der Waals surface area contributed by atoms with Crippen molar-refractivity contribution in [3.63, 3.8) is 0 Å². The molecule has 0 saturated heterocycles. The van der Waals surface area contributed by atoms with E-state index in [1.54, 1.807) is 6.07 Å². The summed E-state index contributed by atoms with van der Waals surface area (Å²) in [5.74, 6) is 0.0949. The van der Waals surface area contributed by atoms with Crippen molar-refractivity contribution in [3.05, 3.63) is 27.7 Å². The zero-order valence-electron chi connectivity index (χ0n) is 6.85. The van der Waals surface area contributed by atoms with Crippen LogP contribution in [0.15, 0.2) is 12.1 Å². The first-order valence-corrected chi connectivity index (χ1v) is 4.76. The van der Waals surface area contributed by atoms with Crippen LogP contribution < -0.4 is 5.73 Å². The average molecular weight is 218 g/mol. The number of halogens is 2. The second-order valence-corrected chi connectivity index (χ2v) is 4.28. The van der Waals surface area contributed by atoms with Gasteiger partial charge in [0.05, 0.1) is 5.02 Å². The quantitative estimate of drug-likeness (QED) is 0.761. The molecule has 1 saturated carbocycles. The van der Waals surface area contributed by atoms with Crippen LogP contribution in [0, 0.1) is 0 Å². The van der Waals surface area contributed by atoms with Crippen LogP contribution in [0.1, 0.15) is 18.4 Å². The summed E-state index contributed by atoms with van der Waals surface area (Å²) in [6.07, 6.45) is 1.73. The van der Waals surface area contributed by atoms with Crippen LogP contribution in [0.5, 0.6) is 5.75 Å². The van der Waals surface area contributed by atoms with Gasteiger partial charge in [-0.25, -0.2) is 0 Å². The normalized spacial score (nSPS) is 18.7. The van der Waals surface area contributed by atoms with Gasteiger partial charge in [0.15, 0.2) is 0 Å². The second kappa shape index (κ2) is 2.77. The van der Waals surface area contributed by atoms with E-state index in [0.717, 1.165) is 12.8 Å². The summed E-state index contributed by atoms with van der Waals surface area (Å²) in [6, 6.07) is 3.07. The molecule has 70 valence electrons. The van der Waals surface area contributed by atoms with E-state index in [0.29, 0.717) is 15.6 Å². The topological polar surface area (TPSA) is 46.2 Å². The van der Waals surface area contributed by atoms with E-state index in [9.17, 15) is 5.11 Å². The minimum atomic E-state index is -0.425. The lowest BCUT2D eigenvalue weighted by molar-refractivity contribution is 0.460. The molecule has 1 fully saturated rings. The van der Waals surface area contributed by atoms with Gasteiger partial charge in [0.1, 0.15) is 5.75 Å². The molecule has 1 aliphatic rings. The van der Waals surface area contributed by atoms with Crippen LogP contribution >= 0.6 is 23.2 Å². The van der Waals surface area contributed by atoms with Crippen molar-refractivity contribution >= 4 is 23.2 Å². The fourth-order valence-corrected chi connectivity index (χ4v) is 2.11. The third-order valence-corrected chi connectivity index (χ3v) is 2.84. The summed E-state index contributed by atoms with van der Waals surface area (Å²) < 4.78 is 0. The first-order valence-electron chi connectivity index (χ1n) is 4.00. The summed E-state index contributed by atoms with van der Waals surface area (Å²) >= 11 is 11.6. The van der Waals surface area contributed by atoms with Gasteiger partial charge in [-0.05, 0) is 25.0 Å². The Morgan fingerprint density at radius 3 is 2.38 bits per heavy atom. The van der Waals surface area contributed by atoms with Gasteiger partial charge in [-0.1, -0.05) is 23.2 Å². The lowest BCUT2D eigenvalue weighted by Crippen LogP contribution is -2.19. The van der Waals surface area contributed by atoms with Crippen LogP contribution in [-0.4, -0.2) is 5.11 Å². The van der Waals surface area contributed by atoms with Gasteiger partial charge in [0, 0.05) is 16.1 Å². The highest BCUT2D eigenvalue weighted by atomic mass is 35.5. The molecule has 0 atom stereocenters. The lowest BCUT2D eigenvalue weighted by atomic mass is 10.0. The maximum Gasteiger partial charge on any atom is 0.123 e. The first-order chi connectivity index (χ1) is 6.03. The van der Waals surface area contributed by atoms with Gasteiger partial charge in [-0.15, -0.1) is 0 Å². The number of nitrogens with two attached hydrogens (primary N) is 1. The van der Waals surface area contributed by atoms with Gasteiger partial charge in [0.25, 0.3) is 0 Å². The van der Waals surface area contributed by atoms with Crippen LogP contribution in [0.25, 0.3) is 0 Å². The van der Waals surface area contributed by atoms with Gasteiger partial charge >= 0.3 is 0 Å². The van der Waals surface area contributed by atoms with Crippen molar-refractivity contribution in [2.45, 2.75) is 18.4 Å². The zero-order chi connectivity index (χ0) is 9.64. The minimum absolute atomic E-state index is 0.0949. The van der Waals surface area contributed by atoms with E-state index in [2.05, 4.69) is 0 Å². The predicted molar refractivity (Wildman–Crippen MR) is 53.2 cm³/mol. The molecule has 2 rings (SSSR count). The summed E-state index contributed by atoms with van der Waals surface area (Å²) in [5, 5.41) is 10.5. The SMILES string of the molecule is NC1(c2c(O)cc(Cl)cc2Cl)CC1. The largest absolute Gasteiger partial charge is 0.507 e. The Labute approximate surface area is 86.3 Å². The van der Waals surface area contributed by atoms with Crippen molar-refractivity contribution in [1.82, 2.24) is 0 Å². The Morgan fingerprint density at radius 1 is 1.31 bits per heavy atom. The van der Waals surface area contributed by atoms with Crippen LogP contribution in [0.3, 0.4) is 0 Å². The minimum Gasteiger partial charge on any atom is -0.507 e. The summed E-state index contributed by atoms with van der Waals surface area (Å²) in [4.78, 5) is 0. The molecule has 0 amide bonds. The highest BCUT2D eigenvalue weighted by molar-refractivity contribution is 6.35. The zero-order valence-corrected chi connectivity index (χ0v) is 8.36. The van der Waals surface area contributed by atoms with Gasteiger partial charge in [0.2, 0.25) is 0 Å². The number of aromatic hydroxyl groups is 1. The molecule has 0 spiro atoms. The van der Waals surface area contributed by atoms with Crippen molar-refractivity contribution < 1.29 is 5.11 Å². The molecule has 1 aromatic rings. The predicted octanol–water partition coefficient (Wildman–Crippen LogP) is 2.65. The second-order valence-electron chi connectivity index (χ2n) is 3.44.